The molecule has 0 aromatic carbocycles. The van der Waals surface area contributed by atoms with E-state index in [1.807, 2.05) is 0 Å². The average molecular weight is 297 g/mol. The van der Waals surface area contributed by atoms with E-state index in [9.17, 15) is 0 Å². The van der Waals surface area contributed by atoms with E-state index in [2.05, 4.69) is 35.8 Å². The molecule has 6 heteroatoms. The molecule has 1 N–H and O–H groups in total. The Balaban J connectivity index is 1.80. The zero-order valence-corrected chi connectivity index (χ0v) is 13.3. The van der Waals surface area contributed by atoms with Crippen molar-refractivity contribution in [2.24, 2.45) is 0 Å². The third-order valence-corrected chi connectivity index (χ3v) is 4.01. The molecule has 0 amide bonds. The van der Waals surface area contributed by atoms with Gasteiger partial charge in [0.15, 0.2) is 5.82 Å². The average Bonchev–Trinajstić information content (AvgIpc) is 2.97. The molecule has 120 valence electrons. The molecule has 2 heterocycles. The van der Waals surface area contributed by atoms with Crippen molar-refractivity contribution in [1.29, 1.82) is 0 Å². The number of aliphatic hydroxyl groups excluding tert-OH is 1. The third-order valence-electron chi connectivity index (χ3n) is 4.01. The summed E-state index contributed by atoms with van der Waals surface area (Å²) in [5, 5.41) is 12.8. The van der Waals surface area contributed by atoms with Crippen LogP contribution in [0.4, 0.5) is 0 Å². The lowest BCUT2D eigenvalue weighted by atomic mass is 10.1. The van der Waals surface area contributed by atoms with Gasteiger partial charge in [-0.2, -0.15) is 4.98 Å². The van der Waals surface area contributed by atoms with Crippen LogP contribution in [0.2, 0.25) is 0 Å². The summed E-state index contributed by atoms with van der Waals surface area (Å²) in [4.78, 5) is 6.85. The Labute approximate surface area is 126 Å². The van der Waals surface area contributed by atoms with Gasteiger partial charge in [-0.05, 0) is 26.2 Å². The Morgan fingerprint density at radius 3 is 2.62 bits per heavy atom. The van der Waals surface area contributed by atoms with E-state index in [1.54, 1.807) is 0 Å². The minimum atomic E-state index is 0.156. The normalized spacial score (nSPS) is 19.3. The van der Waals surface area contributed by atoms with Crippen LogP contribution in [0.25, 0.3) is 0 Å². The largest absolute Gasteiger partial charge is 0.396 e. The van der Waals surface area contributed by atoms with E-state index >= 15 is 0 Å². The Morgan fingerprint density at radius 1 is 1.33 bits per heavy atom. The minimum absolute atomic E-state index is 0.156. The summed E-state index contributed by atoms with van der Waals surface area (Å²) in [6, 6.07) is 0.156. The van der Waals surface area contributed by atoms with Crippen LogP contribution in [-0.2, 0) is 4.74 Å². The Morgan fingerprint density at radius 2 is 2.05 bits per heavy atom. The number of aliphatic hydroxyl groups is 1. The number of ether oxygens (including phenoxy) is 1. The fourth-order valence-electron chi connectivity index (χ4n) is 2.55. The highest BCUT2D eigenvalue weighted by Crippen LogP contribution is 2.25. The number of likely N-dealkylation sites (tertiary alicyclic amines) is 1. The van der Waals surface area contributed by atoms with Crippen molar-refractivity contribution in [2.45, 2.75) is 58.1 Å². The summed E-state index contributed by atoms with van der Waals surface area (Å²) in [5.41, 5.74) is 0. The number of nitrogens with zero attached hydrogens (tertiary/aromatic N) is 3. The second-order valence-corrected chi connectivity index (χ2v) is 6.00. The van der Waals surface area contributed by atoms with Gasteiger partial charge in [0, 0.05) is 32.2 Å². The smallest absolute Gasteiger partial charge is 0.243 e. The predicted octanol–water partition coefficient (Wildman–Crippen LogP) is 2.12. The van der Waals surface area contributed by atoms with E-state index in [0.717, 1.165) is 38.2 Å². The molecule has 6 nitrogen and oxygen atoms in total. The molecule has 2 rings (SSSR count). The maximum atomic E-state index is 8.77. The van der Waals surface area contributed by atoms with Crippen molar-refractivity contribution in [3.05, 3.63) is 11.7 Å². The Hall–Kier alpha value is -0.980. The molecular weight excluding hydrogens is 270 g/mol. The van der Waals surface area contributed by atoms with E-state index in [1.165, 1.54) is 0 Å². The lowest BCUT2D eigenvalue weighted by Crippen LogP contribution is -2.38. The van der Waals surface area contributed by atoms with Crippen LogP contribution in [0.3, 0.4) is 0 Å². The zero-order valence-electron chi connectivity index (χ0n) is 13.3. The van der Waals surface area contributed by atoms with Gasteiger partial charge in [-0.1, -0.05) is 19.0 Å². The number of piperidine rings is 1. The summed E-state index contributed by atoms with van der Waals surface area (Å²) in [6.45, 7) is 9.05. The number of hydrogen-bond donors (Lipinski definition) is 1. The van der Waals surface area contributed by atoms with Gasteiger partial charge in [0.25, 0.3) is 0 Å². The fourth-order valence-corrected chi connectivity index (χ4v) is 2.55. The van der Waals surface area contributed by atoms with Crippen LogP contribution >= 0.6 is 0 Å². The molecule has 0 radical (unpaired) electrons. The van der Waals surface area contributed by atoms with Crippen LogP contribution in [-0.4, -0.2) is 52.6 Å². The molecule has 1 unspecified atom stereocenters. The van der Waals surface area contributed by atoms with Crippen molar-refractivity contribution >= 4 is 0 Å². The van der Waals surface area contributed by atoms with E-state index in [-0.39, 0.29) is 12.6 Å². The second kappa shape index (κ2) is 7.87. The summed E-state index contributed by atoms with van der Waals surface area (Å²) in [5.74, 6) is 1.78. The highest BCUT2D eigenvalue weighted by Gasteiger charge is 2.27. The Kier molecular flexibility index (Phi) is 6.14. The van der Waals surface area contributed by atoms with Crippen LogP contribution in [0.5, 0.6) is 0 Å². The zero-order chi connectivity index (χ0) is 15.2. The number of aromatic nitrogens is 2. The van der Waals surface area contributed by atoms with Crippen LogP contribution in [0.1, 0.15) is 63.7 Å². The van der Waals surface area contributed by atoms with E-state index in [0.29, 0.717) is 24.5 Å². The van der Waals surface area contributed by atoms with Gasteiger partial charge in [-0.3, -0.25) is 4.90 Å². The van der Waals surface area contributed by atoms with Gasteiger partial charge >= 0.3 is 0 Å². The van der Waals surface area contributed by atoms with Crippen molar-refractivity contribution < 1.29 is 14.4 Å². The van der Waals surface area contributed by atoms with Crippen LogP contribution < -0.4 is 0 Å². The second-order valence-electron chi connectivity index (χ2n) is 6.00. The first kappa shape index (κ1) is 16.4. The lowest BCUT2D eigenvalue weighted by Gasteiger charge is -2.34. The van der Waals surface area contributed by atoms with Gasteiger partial charge in [-0.15, -0.1) is 0 Å². The molecule has 1 saturated heterocycles. The summed E-state index contributed by atoms with van der Waals surface area (Å²) in [7, 11) is 0. The molecule has 1 fully saturated rings. The van der Waals surface area contributed by atoms with E-state index in [4.69, 9.17) is 14.4 Å². The lowest BCUT2D eigenvalue weighted by molar-refractivity contribution is -0.00786. The van der Waals surface area contributed by atoms with Crippen LogP contribution in [0.15, 0.2) is 4.52 Å². The first-order valence-corrected chi connectivity index (χ1v) is 7.91. The molecule has 0 bridgehead atoms. The molecule has 21 heavy (non-hydrogen) atoms. The fraction of sp³-hybridized carbons (Fsp3) is 0.867. The van der Waals surface area contributed by atoms with Gasteiger partial charge < -0.3 is 14.4 Å². The van der Waals surface area contributed by atoms with Crippen molar-refractivity contribution in [3.63, 3.8) is 0 Å². The van der Waals surface area contributed by atoms with Gasteiger partial charge in [0.05, 0.1) is 12.1 Å². The molecule has 0 saturated carbocycles. The summed E-state index contributed by atoms with van der Waals surface area (Å²) < 4.78 is 11.1. The van der Waals surface area contributed by atoms with Crippen molar-refractivity contribution in [1.82, 2.24) is 15.0 Å². The van der Waals surface area contributed by atoms with Gasteiger partial charge in [0.1, 0.15) is 0 Å². The monoisotopic (exact) mass is 297 g/mol. The molecule has 0 aliphatic carbocycles. The number of rotatable bonds is 7. The van der Waals surface area contributed by atoms with Crippen molar-refractivity contribution in [3.8, 4) is 0 Å². The van der Waals surface area contributed by atoms with Gasteiger partial charge in [-0.25, -0.2) is 0 Å². The predicted molar refractivity (Wildman–Crippen MR) is 79.1 cm³/mol. The van der Waals surface area contributed by atoms with Gasteiger partial charge in [0.2, 0.25) is 5.89 Å². The summed E-state index contributed by atoms with van der Waals surface area (Å²) in [6.07, 6.45) is 3.06. The molecule has 1 aliphatic heterocycles. The summed E-state index contributed by atoms with van der Waals surface area (Å²) >= 11 is 0. The Bertz CT molecular complexity index is 414. The maximum Gasteiger partial charge on any atom is 0.243 e. The molecule has 1 atom stereocenters. The molecule has 0 spiro atoms. The maximum absolute atomic E-state index is 8.77. The highest BCUT2D eigenvalue weighted by molar-refractivity contribution is 4.96. The third kappa shape index (κ3) is 4.49. The van der Waals surface area contributed by atoms with Crippen molar-refractivity contribution in [2.75, 3.05) is 26.3 Å². The number of hydrogen-bond acceptors (Lipinski definition) is 6. The molecule has 1 aromatic rings. The minimum Gasteiger partial charge on any atom is -0.396 e. The first-order chi connectivity index (χ1) is 10.1. The van der Waals surface area contributed by atoms with E-state index < -0.39 is 0 Å². The molecule has 1 aliphatic rings. The molecule has 1 aromatic heterocycles. The topological polar surface area (TPSA) is 71.6 Å². The highest BCUT2D eigenvalue weighted by atomic mass is 16.5. The first-order valence-electron chi connectivity index (χ1n) is 7.91. The standard InChI is InChI=1S/C15H27N3O3/c1-11(2)14-16-15(21-17-14)12(3)18-7-5-13(6-8-18)20-10-4-9-19/h11-13,19H,4-10H2,1-3H3. The molecular formula is C15H27N3O3. The quantitative estimate of drug-likeness (QED) is 0.777. The van der Waals surface area contributed by atoms with Crippen LogP contribution in [0, 0.1) is 0 Å². The SMILES string of the molecule is CC(C)c1noc(C(C)N2CCC(OCCCO)CC2)n1.